The Morgan fingerprint density at radius 2 is 2.05 bits per heavy atom. The van der Waals surface area contributed by atoms with Crippen LogP contribution in [-0.2, 0) is 0 Å². The molecule has 0 heterocycles. The first kappa shape index (κ1) is 14.5. The molecule has 2 unspecified atom stereocenters. The molecule has 2 rings (SSSR count). The molecular formula is C15H19BrFNO. The van der Waals surface area contributed by atoms with Crippen LogP contribution in [0.25, 0.3) is 0 Å². The third-order valence-corrected chi connectivity index (χ3v) is 4.66. The van der Waals surface area contributed by atoms with E-state index in [1.165, 1.54) is 25.3 Å². The van der Waals surface area contributed by atoms with E-state index >= 15 is 0 Å². The van der Waals surface area contributed by atoms with Crippen LogP contribution >= 0.6 is 15.9 Å². The van der Waals surface area contributed by atoms with E-state index in [1.807, 2.05) is 11.9 Å². The largest absolute Gasteiger partial charge is 0.338 e. The Bertz CT molecular complexity index is 477. The summed E-state index contributed by atoms with van der Waals surface area (Å²) in [5.41, 5.74) is 0.536. The minimum absolute atomic E-state index is 0.0283. The highest BCUT2D eigenvalue weighted by Crippen LogP contribution is 2.28. The molecule has 19 heavy (non-hydrogen) atoms. The fraction of sp³-hybridized carbons (Fsp3) is 0.533. The van der Waals surface area contributed by atoms with Crippen molar-refractivity contribution in [3.05, 3.63) is 34.1 Å². The van der Waals surface area contributed by atoms with Gasteiger partial charge in [-0.3, -0.25) is 4.79 Å². The molecule has 1 fully saturated rings. The second-order valence-electron chi connectivity index (χ2n) is 5.37. The monoisotopic (exact) mass is 327 g/mol. The van der Waals surface area contributed by atoms with Crippen LogP contribution in [0.4, 0.5) is 4.39 Å². The molecule has 1 aromatic carbocycles. The Morgan fingerprint density at radius 3 is 2.68 bits per heavy atom. The lowest BCUT2D eigenvalue weighted by Crippen LogP contribution is -2.42. The summed E-state index contributed by atoms with van der Waals surface area (Å²) in [5.74, 6) is 0.163. The minimum Gasteiger partial charge on any atom is -0.338 e. The molecule has 1 aromatic rings. The van der Waals surface area contributed by atoms with Gasteiger partial charge in [0.05, 0.1) is 4.47 Å². The molecule has 0 spiro atoms. The van der Waals surface area contributed by atoms with E-state index in [0.29, 0.717) is 22.0 Å². The maximum atomic E-state index is 13.2. The van der Waals surface area contributed by atoms with Crippen LogP contribution in [0.2, 0.25) is 0 Å². The van der Waals surface area contributed by atoms with Crippen LogP contribution in [0, 0.1) is 11.7 Å². The zero-order valence-electron chi connectivity index (χ0n) is 11.3. The number of hydrogen-bond acceptors (Lipinski definition) is 1. The predicted octanol–water partition coefficient (Wildman–Crippen LogP) is 4.24. The van der Waals surface area contributed by atoms with Crippen molar-refractivity contribution in [2.75, 3.05) is 7.05 Å². The van der Waals surface area contributed by atoms with Gasteiger partial charge in [-0.05, 0) is 52.9 Å². The van der Waals surface area contributed by atoms with Crippen molar-refractivity contribution in [1.29, 1.82) is 0 Å². The summed E-state index contributed by atoms with van der Waals surface area (Å²) in [4.78, 5) is 14.3. The van der Waals surface area contributed by atoms with Crippen molar-refractivity contribution in [2.45, 2.75) is 38.6 Å². The average Bonchev–Trinajstić information content (AvgIpc) is 2.41. The first-order valence-electron chi connectivity index (χ1n) is 6.73. The molecule has 1 amide bonds. The van der Waals surface area contributed by atoms with Crippen LogP contribution in [0.15, 0.2) is 22.7 Å². The van der Waals surface area contributed by atoms with E-state index in [1.54, 1.807) is 12.1 Å². The number of benzene rings is 1. The number of carbonyl (C=O) groups is 1. The average molecular weight is 328 g/mol. The van der Waals surface area contributed by atoms with Crippen molar-refractivity contribution < 1.29 is 9.18 Å². The third kappa shape index (κ3) is 3.16. The van der Waals surface area contributed by atoms with Gasteiger partial charge in [0.25, 0.3) is 5.91 Å². The van der Waals surface area contributed by atoms with Gasteiger partial charge in [-0.25, -0.2) is 4.39 Å². The molecule has 104 valence electrons. The minimum atomic E-state index is -0.342. The number of halogens is 2. The van der Waals surface area contributed by atoms with Gasteiger partial charge in [-0.15, -0.1) is 0 Å². The van der Waals surface area contributed by atoms with Gasteiger partial charge < -0.3 is 4.90 Å². The quantitative estimate of drug-likeness (QED) is 0.795. The van der Waals surface area contributed by atoms with Gasteiger partial charge in [0.2, 0.25) is 0 Å². The Kier molecular flexibility index (Phi) is 4.61. The van der Waals surface area contributed by atoms with Crippen molar-refractivity contribution in [3.8, 4) is 0 Å². The van der Waals surface area contributed by atoms with Crippen LogP contribution in [0.5, 0.6) is 0 Å². The molecular weight excluding hydrogens is 309 g/mol. The molecule has 1 saturated carbocycles. The number of hydrogen-bond donors (Lipinski definition) is 0. The molecule has 0 aliphatic heterocycles. The standard InChI is InChI=1S/C15H19BrFNO/c1-10-5-3-4-6-14(10)18(2)15(19)11-7-8-13(17)12(16)9-11/h7-10,14H,3-6H2,1-2H3. The molecule has 2 nitrogen and oxygen atoms in total. The van der Waals surface area contributed by atoms with E-state index in [4.69, 9.17) is 0 Å². The summed E-state index contributed by atoms with van der Waals surface area (Å²) < 4.78 is 13.5. The molecule has 0 bridgehead atoms. The molecule has 0 radical (unpaired) electrons. The summed E-state index contributed by atoms with van der Waals surface area (Å²) in [5, 5.41) is 0. The summed E-state index contributed by atoms with van der Waals surface area (Å²) in [7, 11) is 1.85. The lowest BCUT2D eigenvalue weighted by Gasteiger charge is -2.36. The molecule has 0 N–H and O–H groups in total. The van der Waals surface area contributed by atoms with Gasteiger partial charge in [0.1, 0.15) is 5.82 Å². The van der Waals surface area contributed by atoms with Crippen LogP contribution in [0.3, 0.4) is 0 Å². The van der Waals surface area contributed by atoms with Crippen LogP contribution in [0.1, 0.15) is 43.0 Å². The van der Waals surface area contributed by atoms with Crippen molar-refractivity contribution >= 4 is 21.8 Å². The number of amides is 1. The second kappa shape index (κ2) is 6.04. The summed E-state index contributed by atoms with van der Waals surface area (Å²) in [6.07, 6.45) is 4.67. The Morgan fingerprint density at radius 1 is 1.37 bits per heavy atom. The fourth-order valence-corrected chi connectivity index (χ4v) is 3.23. The zero-order chi connectivity index (χ0) is 14.0. The predicted molar refractivity (Wildman–Crippen MR) is 77.6 cm³/mol. The van der Waals surface area contributed by atoms with Gasteiger partial charge in [0.15, 0.2) is 0 Å². The van der Waals surface area contributed by atoms with Crippen molar-refractivity contribution in [2.24, 2.45) is 5.92 Å². The summed E-state index contributed by atoms with van der Waals surface area (Å²) in [6, 6.07) is 4.73. The van der Waals surface area contributed by atoms with E-state index in [2.05, 4.69) is 22.9 Å². The smallest absolute Gasteiger partial charge is 0.253 e. The molecule has 2 atom stereocenters. The van der Waals surface area contributed by atoms with Gasteiger partial charge in [0, 0.05) is 18.7 Å². The van der Waals surface area contributed by atoms with Crippen LogP contribution < -0.4 is 0 Å². The van der Waals surface area contributed by atoms with E-state index in [-0.39, 0.29) is 11.7 Å². The fourth-order valence-electron chi connectivity index (χ4n) is 2.86. The topological polar surface area (TPSA) is 20.3 Å². The second-order valence-corrected chi connectivity index (χ2v) is 6.23. The van der Waals surface area contributed by atoms with Crippen LogP contribution in [-0.4, -0.2) is 23.9 Å². The number of rotatable bonds is 2. The van der Waals surface area contributed by atoms with Gasteiger partial charge in [-0.1, -0.05) is 19.8 Å². The molecule has 0 saturated heterocycles. The highest BCUT2D eigenvalue weighted by atomic mass is 79.9. The highest BCUT2D eigenvalue weighted by Gasteiger charge is 2.28. The Hall–Kier alpha value is -0.900. The van der Waals surface area contributed by atoms with Crippen molar-refractivity contribution in [3.63, 3.8) is 0 Å². The molecule has 0 aromatic heterocycles. The molecule has 1 aliphatic rings. The zero-order valence-corrected chi connectivity index (χ0v) is 12.9. The molecule has 4 heteroatoms. The van der Waals surface area contributed by atoms with Crippen molar-refractivity contribution in [1.82, 2.24) is 4.90 Å². The first-order chi connectivity index (χ1) is 9.00. The number of carbonyl (C=O) groups excluding carboxylic acids is 1. The Labute approximate surface area is 122 Å². The normalized spacial score (nSPS) is 23.2. The lowest BCUT2D eigenvalue weighted by molar-refractivity contribution is 0.0629. The maximum absolute atomic E-state index is 13.2. The third-order valence-electron chi connectivity index (χ3n) is 4.05. The Balaban J connectivity index is 2.15. The lowest BCUT2D eigenvalue weighted by atomic mass is 9.85. The van der Waals surface area contributed by atoms with Gasteiger partial charge in [-0.2, -0.15) is 0 Å². The van der Waals surface area contributed by atoms with E-state index in [0.717, 1.165) is 6.42 Å². The first-order valence-corrected chi connectivity index (χ1v) is 7.52. The van der Waals surface area contributed by atoms with E-state index in [9.17, 15) is 9.18 Å². The maximum Gasteiger partial charge on any atom is 0.253 e. The number of nitrogens with zero attached hydrogens (tertiary/aromatic N) is 1. The summed E-state index contributed by atoms with van der Waals surface area (Å²) >= 11 is 3.13. The molecule has 1 aliphatic carbocycles. The van der Waals surface area contributed by atoms with Gasteiger partial charge >= 0.3 is 0 Å². The highest BCUT2D eigenvalue weighted by molar-refractivity contribution is 9.10. The summed E-state index contributed by atoms with van der Waals surface area (Å²) in [6.45, 7) is 2.20. The van der Waals surface area contributed by atoms with E-state index < -0.39 is 0 Å². The SMILES string of the molecule is CC1CCCCC1N(C)C(=O)c1ccc(F)c(Br)c1.